The molecule has 0 unspecified atom stereocenters. The molecule has 2 fully saturated rings. The maximum atomic E-state index is 7.63. The monoisotopic (exact) mass is 98.1 g/mol. The van der Waals surface area contributed by atoms with Crippen molar-refractivity contribution < 1.29 is 2.74 Å². The van der Waals surface area contributed by atoms with Gasteiger partial charge >= 0.3 is 0 Å². The maximum absolute atomic E-state index is 7.63. The summed E-state index contributed by atoms with van der Waals surface area (Å²) < 4.78 is 15.3. The van der Waals surface area contributed by atoms with E-state index < -0.39 is 6.37 Å². The van der Waals surface area contributed by atoms with Crippen LogP contribution in [-0.4, -0.2) is 0 Å². The van der Waals surface area contributed by atoms with Crippen LogP contribution >= 0.6 is 0 Å². The van der Waals surface area contributed by atoms with Crippen molar-refractivity contribution in [2.75, 3.05) is 0 Å². The SMILES string of the molecule is [2H]C([2H])(C1CC1)C1CC1. The van der Waals surface area contributed by atoms with Gasteiger partial charge in [-0.1, -0.05) is 25.7 Å². The fraction of sp³-hybridized carbons (Fsp3) is 1.00. The summed E-state index contributed by atoms with van der Waals surface area (Å²) >= 11 is 0. The molecule has 0 heterocycles. The Morgan fingerprint density at radius 1 is 1.14 bits per heavy atom. The molecule has 2 saturated carbocycles. The Labute approximate surface area is 47.7 Å². The van der Waals surface area contributed by atoms with E-state index in [9.17, 15) is 0 Å². The van der Waals surface area contributed by atoms with Gasteiger partial charge in [-0.2, -0.15) is 0 Å². The number of hydrogen-bond donors (Lipinski definition) is 0. The number of rotatable bonds is 2. The molecule has 0 amide bonds. The zero-order valence-corrected chi connectivity index (χ0v) is 4.48. The van der Waals surface area contributed by atoms with E-state index in [1.165, 1.54) is 0 Å². The highest BCUT2D eigenvalue weighted by Gasteiger charge is 2.30. The second kappa shape index (κ2) is 1.24. The first-order valence-corrected chi connectivity index (χ1v) is 3.21. The highest BCUT2D eigenvalue weighted by Crippen LogP contribution is 2.43. The molecule has 0 aromatic heterocycles. The van der Waals surface area contributed by atoms with Crippen LogP contribution in [0.25, 0.3) is 0 Å². The van der Waals surface area contributed by atoms with E-state index in [4.69, 9.17) is 2.74 Å². The third kappa shape index (κ3) is 0.960. The van der Waals surface area contributed by atoms with Crippen LogP contribution in [0.15, 0.2) is 0 Å². The van der Waals surface area contributed by atoms with Gasteiger partial charge in [0.05, 0.1) is 0 Å². The molecule has 0 heteroatoms. The summed E-state index contributed by atoms with van der Waals surface area (Å²) in [5, 5.41) is 0. The van der Waals surface area contributed by atoms with Gasteiger partial charge in [0, 0.05) is 2.74 Å². The minimum atomic E-state index is -0.778. The van der Waals surface area contributed by atoms with E-state index in [1.807, 2.05) is 0 Å². The molecule has 0 radical (unpaired) electrons. The Hall–Kier alpha value is 0. The fourth-order valence-corrected chi connectivity index (χ4v) is 0.833. The zero-order valence-electron chi connectivity index (χ0n) is 6.48. The average molecular weight is 98.2 g/mol. The van der Waals surface area contributed by atoms with E-state index in [0.717, 1.165) is 25.7 Å². The topological polar surface area (TPSA) is 0 Å². The van der Waals surface area contributed by atoms with Crippen molar-refractivity contribution in [1.82, 2.24) is 0 Å². The van der Waals surface area contributed by atoms with Crippen molar-refractivity contribution >= 4 is 0 Å². The quantitative estimate of drug-likeness (QED) is 0.496. The van der Waals surface area contributed by atoms with Crippen LogP contribution in [0.1, 0.15) is 34.8 Å². The first-order valence-electron chi connectivity index (χ1n) is 4.21. The van der Waals surface area contributed by atoms with Crippen molar-refractivity contribution in [2.45, 2.75) is 32.1 Å². The van der Waals surface area contributed by atoms with Crippen molar-refractivity contribution in [3.63, 3.8) is 0 Å². The summed E-state index contributed by atoms with van der Waals surface area (Å²) in [6.07, 6.45) is 3.79. The van der Waals surface area contributed by atoms with Gasteiger partial charge in [-0.15, -0.1) is 0 Å². The van der Waals surface area contributed by atoms with Crippen LogP contribution in [0.5, 0.6) is 0 Å². The molecule has 40 valence electrons. The summed E-state index contributed by atoms with van der Waals surface area (Å²) in [6, 6.07) is 0. The summed E-state index contributed by atoms with van der Waals surface area (Å²) in [5.74, 6) is 0.870. The molecule has 0 spiro atoms. The Morgan fingerprint density at radius 2 is 1.57 bits per heavy atom. The molecule has 2 aliphatic rings. The Morgan fingerprint density at radius 3 is 1.86 bits per heavy atom. The minimum Gasteiger partial charge on any atom is -0.0502 e. The highest BCUT2D eigenvalue weighted by molar-refractivity contribution is 4.82. The van der Waals surface area contributed by atoms with Gasteiger partial charge in [-0.25, -0.2) is 0 Å². The zero-order chi connectivity index (χ0) is 6.48. The Balaban J connectivity index is 2.01. The predicted molar refractivity (Wildman–Crippen MR) is 30.1 cm³/mol. The van der Waals surface area contributed by atoms with Gasteiger partial charge in [0.15, 0.2) is 0 Å². The van der Waals surface area contributed by atoms with Crippen LogP contribution < -0.4 is 0 Å². The normalized spacial score (nSPS) is 37.1. The maximum Gasteiger partial charge on any atom is 0.0272 e. The van der Waals surface area contributed by atoms with Crippen LogP contribution in [0.4, 0.5) is 0 Å². The molecule has 0 atom stereocenters. The molecular weight excluding hydrogens is 84.1 g/mol. The van der Waals surface area contributed by atoms with Gasteiger partial charge in [-0.05, 0) is 18.2 Å². The van der Waals surface area contributed by atoms with E-state index in [-0.39, 0.29) is 0 Å². The summed E-state index contributed by atoms with van der Waals surface area (Å²) in [7, 11) is 0. The third-order valence-corrected chi connectivity index (χ3v) is 1.63. The average Bonchev–Trinajstić information content (AvgIpc) is 2.62. The molecule has 0 nitrogen and oxygen atoms in total. The lowest BCUT2D eigenvalue weighted by Crippen LogP contribution is -1.75. The van der Waals surface area contributed by atoms with Crippen molar-refractivity contribution in [2.24, 2.45) is 11.8 Å². The van der Waals surface area contributed by atoms with Crippen LogP contribution in [-0.2, 0) is 0 Å². The summed E-state index contributed by atoms with van der Waals surface area (Å²) in [4.78, 5) is 0. The van der Waals surface area contributed by atoms with Gasteiger partial charge in [0.25, 0.3) is 0 Å². The molecule has 0 aromatic carbocycles. The van der Waals surface area contributed by atoms with Crippen molar-refractivity contribution in [1.29, 1.82) is 0 Å². The van der Waals surface area contributed by atoms with Crippen LogP contribution in [0.3, 0.4) is 0 Å². The predicted octanol–water partition coefficient (Wildman–Crippen LogP) is 2.20. The summed E-state index contributed by atoms with van der Waals surface area (Å²) in [6.45, 7) is 0. The van der Waals surface area contributed by atoms with Gasteiger partial charge in [0.1, 0.15) is 0 Å². The lowest BCUT2D eigenvalue weighted by molar-refractivity contribution is 0.652. The van der Waals surface area contributed by atoms with Crippen LogP contribution in [0.2, 0.25) is 0 Å². The van der Waals surface area contributed by atoms with E-state index in [2.05, 4.69) is 0 Å². The molecule has 0 saturated heterocycles. The second-order valence-electron chi connectivity index (χ2n) is 2.72. The molecule has 0 bridgehead atoms. The first-order chi connectivity index (χ1) is 4.21. The molecular formula is C7H12. The standard InChI is InChI=1S/C7H12/c1-2-6(1)5-7-3-4-7/h6-7H,1-5H2/i5D2. The van der Waals surface area contributed by atoms with E-state index in [1.54, 1.807) is 0 Å². The fourth-order valence-electron chi connectivity index (χ4n) is 0.833. The first kappa shape index (κ1) is 2.52. The second-order valence-corrected chi connectivity index (χ2v) is 2.72. The van der Waals surface area contributed by atoms with Crippen molar-refractivity contribution in [3.8, 4) is 0 Å². The highest BCUT2D eigenvalue weighted by atomic mass is 14.4. The van der Waals surface area contributed by atoms with E-state index >= 15 is 0 Å². The Kier molecular flexibility index (Phi) is 0.446. The molecule has 0 N–H and O–H groups in total. The molecule has 0 aliphatic heterocycles. The van der Waals surface area contributed by atoms with E-state index in [0.29, 0.717) is 11.8 Å². The Bertz CT molecular complexity index is 109. The van der Waals surface area contributed by atoms with Gasteiger partial charge < -0.3 is 0 Å². The molecule has 0 aromatic rings. The lowest BCUT2D eigenvalue weighted by Gasteiger charge is -1.86. The van der Waals surface area contributed by atoms with Crippen molar-refractivity contribution in [3.05, 3.63) is 0 Å². The number of hydrogen-bond acceptors (Lipinski definition) is 0. The van der Waals surface area contributed by atoms with Crippen LogP contribution in [0, 0.1) is 11.8 Å². The minimum absolute atomic E-state index is 0.435. The lowest BCUT2D eigenvalue weighted by atomic mass is 10.2. The molecule has 2 aliphatic carbocycles. The van der Waals surface area contributed by atoms with Gasteiger partial charge in [-0.3, -0.25) is 0 Å². The summed E-state index contributed by atoms with van der Waals surface area (Å²) in [5.41, 5.74) is 0. The van der Waals surface area contributed by atoms with Gasteiger partial charge in [0.2, 0.25) is 0 Å². The third-order valence-electron chi connectivity index (χ3n) is 1.63. The smallest absolute Gasteiger partial charge is 0.0272 e. The molecule has 2 rings (SSSR count). The largest absolute Gasteiger partial charge is 0.0502 e. The molecule has 7 heavy (non-hydrogen) atoms.